The lowest BCUT2D eigenvalue weighted by atomic mass is 10.1. The van der Waals surface area contributed by atoms with E-state index in [-0.39, 0.29) is 0 Å². The SMILES string of the molecule is Brc1ccc(CNC2CCOCC2)cn1. The molecule has 0 aromatic carbocycles. The molecule has 2 rings (SSSR count). The van der Waals surface area contributed by atoms with Crippen LogP contribution in [0.3, 0.4) is 0 Å². The Kier molecular flexibility index (Phi) is 4.11. The van der Waals surface area contributed by atoms with Crippen molar-refractivity contribution in [1.82, 2.24) is 10.3 Å². The maximum Gasteiger partial charge on any atom is 0.106 e. The van der Waals surface area contributed by atoms with Gasteiger partial charge >= 0.3 is 0 Å². The smallest absolute Gasteiger partial charge is 0.106 e. The van der Waals surface area contributed by atoms with Crippen molar-refractivity contribution in [3.63, 3.8) is 0 Å². The van der Waals surface area contributed by atoms with Gasteiger partial charge < -0.3 is 10.1 Å². The minimum atomic E-state index is 0.599. The van der Waals surface area contributed by atoms with Crippen molar-refractivity contribution >= 4 is 15.9 Å². The van der Waals surface area contributed by atoms with Crippen molar-refractivity contribution in [1.29, 1.82) is 0 Å². The molecule has 0 amide bonds. The fourth-order valence-corrected chi connectivity index (χ4v) is 1.91. The largest absolute Gasteiger partial charge is 0.381 e. The first-order valence-corrected chi connectivity index (χ1v) is 6.05. The molecule has 1 saturated heterocycles. The molecule has 4 heteroatoms. The zero-order valence-corrected chi connectivity index (χ0v) is 10.2. The van der Waals surface area contributed by atoms with Crippen LogP contribution in [0.4, 0.5) is 0 Å². The van der Waals surface area contributed by atoms with Crippen molar-refractivity contribution in [2.24, 2.45) is 0 Å². The highest BCUT2D eigenvalue weighted by Crippen LogP contribution is 2.09. The van der Waals surface area contributed by atoms with E-state index in [0.717, 1.165) is 37.2 Å². The second kappa shape index (κ2) is 5.58. The van der Waals surface area contributed by atoms with E-state index < -0.39 is 0 Å². The molecule has 0 bridgehead atoms. The third-order valence-corrected chi connectivity index (χ3v) is 3.07. The number of rotatable bonds is 3. The van der Waals surface area contributed by atoms with E-state index in [0.29, 0.717) is 6.04 Å². The normalized spacial score (nSPS) is 17.9. The van der Waals surface area contributed by atoms with Crippen LogP contribution in [-0.2, 0) is 11.3 Å². The van der Waals surface area contributed by atoms with Crippen LogP contribution < -0.4 is 5.32 Å². The van der Waals surface area contributed by atoms with Crippen LogP contribution in [0.2, 0.25) is 0 Å². The molecule has 2 heterocycles. The topological polar surface area (TPSA) is 34.1 Å². The second-order valence-electron chi connectivity index (χ2n) is 3.76. The van der Waals surface area contributed by atoms with Gasteiger partial charge in [0.25, 0.3) is 0 Å². The Morgan fingerprint density at radius 3 is 2.87 bits per heavy atom. The van der Waals surface area contributed by atoms with Crippen molar-refractivity contribution in [3.8, 4) is 0 Å². The quantitative estimate of drug-likeness (QED) is 0.855. The van der Waals surface area contributed by atoms with Crippen molar-refractivity contribution in [3.05, 3.63) is 28.5 Å². The highest BCUT2D eigenvalue weighted by molar-refractivity contribution is 9.10. The monoisotopic (exact) mass is 270 g/mol. The van der Waals surface area contributed by atoms with E-state index in [1.54, 1.807) is 0 Å². The molecule has 82 valence electrons. The molecular weight excluding hydrogens is 256 g/mol. The minimum absolute atomic E-state index is 0.599. The maximum absolute atomic E-state index is 5.31. The Hall–Kier alpha value is -0.450. The Morgan fingerprint density at radius 1 is 1.40 bits per heavy atom. The minimum Gasteiger partial charge on any atom is -0.381 e. The lowest BCUT2D eigenvalue weighted by Gasteiger charge is -2.23. The average Bonchev–Trinajstić information content (AvgIpc) is 2.30. The first-order valence-electron chi connectivity index (χ1n) is 5.26. The van der Waals surface area contributed by atoms with Gasteiger partial charge in [-0.05, 0) is 40.4 Å². The molecule has 1 N–H and O–H groups in total. The summed E-state index contributed by atoms with van der Waals surface area (Å²) >= 11 is 3.33. The summed E-state index contributed by atoms with van der Waals surface area (Å²) in [5.74, 6) is 0. The average molecular weight is 271 g/mol. The lowest BCUT2D eigenvalue weighted by molar-refractivity contribution is 0.0776. The fourth-order valence-electron chi connectivity index (χ4n) is 1.67. The standard InChI is InChI=1S/C11H15BrN2O/c12-11-2-1-9(8-14-11)7-13-10-3-5-15-6-4-10/h1-2,8,10,13H,3-7H2. The summed E-state index contributed by atoms with van der Waals surface area (Å²) in [7, 11) is 0. The number of nitrogens with one attached hydrogen (secondary N) is 1. The molecule has 3 nitrogen and oxygen atoms in total. The van der Waals surface area contributed by atoms with Crippen LogP contribution in [0, 0.1) is 0 Å². The number of ether oxygens (including phenoxy) is 1. The molecule has 1 aliphatic heterocycles. The molecule has 0 radical (unpaired) electrons. The van der Waals surface area contributed by atoms with Crippen LogP contribution in [0.15, 0.2) is 22.9 Å². The number of hydrogen-bond acceptors (Lipinski definition) is 3. The van der Waals surface area contributed by atoms with Crippen LogP contribution in [0.1, 0.15) is 18.4 Å². The Bertz CT molecular complexity index is 296. The van der Waals surface area contributed by atoms with E-state index in [9.17, 15) is 0 Å². The summed E-state index contributed by atoms with van der Waals surface area (Å²) in [4.78, 5) is 4.19. The lowest BCUT2D eigenvalue weighted by Crippen LogP contribution is -2.34. The number of aromatic nitrogens is 1. The van der Waals surface area contributed by atoms with Crippen LogP contribution in [0.25, 0.3) is 0 Å². The van der Waals surface area contributed by atoms with Gasteiger partial charge in [-0.25, -0.2) is 4.98 Å². The molecule has 1 aromatic heterocycles. The predicted molar refractivity (Wildman–Crippen MR) is 62.6 cm³/mol. The first kappa shape index (κ1) is 11.0. The third kappa shape index (κ3) is 3.55. The molecule has 1 aromatic rings. The third-order valence-electron chi connectivity index (χ3n) is 2.60. The van der Waals surface area contributed by atoms with Gasteiger partial charge in [0.2, 0.25) is 0 Å². The van der Waals surface area contributed by atoms with Crippen molar-refractivity contribution in [2.75, 3.05) is 13.2 Å². The molecule has 0 saturated carbocycles. The summed E-state index contributed by atoms with van der Waals surface area (Å²) in [5.41, 5.74) is 1.23. The van der Waals surface area contributed by atoms with Gasteiger partial charge in [0.1, 0.15) is 4.60 Å². The van der Waals surface area contributed by atoms with Gasteiger partial charge in [0, 0.05) is 32.0 Å². The van der Waals surface area contributed by atoms with E-state index in [1.807, 2.05) is 12.3 Å². The molecule has 1 aliphatic rings. The van der Waals surface area contributed by atoms with Gasteiger partial charge in [0.15, 0.2) is 0 Å². The van der Waals surface area contributed by atoms with Crippen molar-refractivity contribution < 1.29 is 4.74 Å². The summed E-state index contributed by atoms with van der Waals surface area (Å²) in [5, 5.41) is 3.52. The number of nitrogens with zero attached hydrogens (tertiary/aromatic N) is 1. The van der Waals surface area contributed by atoms with Gasteiger partial charge in [-0.15, -0.1) is 0 Å². The van der Waals surface area contributed by atoms with Gasteiger partial charge in [-0.3, -0.25) is 0 Å². The summed E-state index contributed by atoms with van der Waals surface area (Å²) in [6.45, 7) is 2.66. The molecule has 1 fully saturated rings. The zero-order chi connectivity index (χ0) is 10.5. The van der Waals surface area contributed by atoms with E-state index in [2.05, 4.69) is 32.3 Å². The van der Waals surface area contributed by atoms with E-state index >= 15 is 0 Å². The highest BCUT2D eigenvalue weighted by atomic mass is 79.9. The molecule has 0 atom stereocenters. The van der Waals surface area contributed by atoms with Gasteiger partial charge in [-0.1, -0.05) is 6.07 Å². The number of hydrogen-bond donors (Lipinski definition) is 1. The van der Waals surface area contributed by atoms with Crippen LogP contribution >= 0.6 is 15.9 Å². The molecule has 0 spiro atoms. The first-order chi connectivity index (χ1) is 7.34. The van der Waals surface area contributed by atoms with Gasteiger partial charge in [-0.2, -0.15) is 0 Å². The van der Waals surface area contributed by atoms with Crippen LogP contribution in [-0.4, -0.2) is 24.2 Å². The number of pyridine rings is 1. The Balaban J connectivity index is 1.79. The summed E-state index contributed by atoms with van der Waals surface area (Å²) < 4.78 is 6.20. The van der Waals surface area contributed by atoms with E-state index in [4.69, 9.17) is 4.74 Å². The molecule has 0 aliphatic carbocycles. The fraction of sp³-hybridized carbons (Fsp3) is 0.545. The maximum atomic E-state index is 5.31. The summed E-state index contributed by atoms with van der Waals surface area (Å²) in [6.07, 6.45) is 4.13. The Morgan fingerprint density at radius 2 is 2.20 bits per heavy atom. The number of halogens is 1. The van der Waals surface area contributed by atoms with Crippen molar-refractivity contribution in [2.45, 2.75) is 25.4 Å². The highest BCUT2D eigenvalue weighted by Gasteiger charge is 2.12. The second-order valence-corrected chi connectivity index (χ2v) is 4.57. The van der Waals surface area contributed by atoms with E-state index in [1.165, 1.54) is 5.56 Å². The zero-order valence-electron chi connectivity index (χ0n) is 8.58. The Labute approximate surface area is 98.4 Å². The molecular formula is C11H15BrN2O. The summed E-state index contributed by atoms with van der Waals surface area (Å²) in [6, 6.07) is 4.66. The van der Waals surface area contributed by atoms with Crippen LogP contribution in [0.5, 0.6) is 0 Å². The van der Waals surface area contributed by atoms with Gasteiger partial charge in [0.05, 0.1) is 0 Å². The molecule has 15 heavy (non-hydrogen) atoms. The predicted octanol–water partition coefficient (Wildman–Crippen LogP) is 2.11. The molecule has 0 unspecified atom stereocenters.